The zero-order valence-corrected chi connectivity index (χ0v) is 9.91. The van der Waals surface area contributed by atoms with Crippen LogP contribution in [0.4, 0.5) is 4.79 Å². The van der Waals surface area contributed by atoms with Crippen LogP contribution < -0.4 is 10.6 Å². The molecule has 0 rings (SSSR count). The Labute approximate surface area is 101 Å². The molecule has 0 unspecified atom stereocenters. The summed E-state index contributed by atoms with van der Waals surface area (Å²) in [5.41, 5.74) is 0. The summed E-state index contributed by atoms with van der Waals surface area (Å²) in [5, 5.41) is 13.5. The van der Waals surface area contributed by atoms with E-state index in [1.54, 1.807) is 6.08 Å². The Bertz CT molecular complexity index is 244. The molecule has 0 aromatic rings. The Balaban J connectivity index is 3.23. The summed E-state index contributed by atoms with van der Waals surface area (Å²) in [6.45, 7) is 5.41. The number of amides is 2. The van der Waals surface area contributed by atoms with Gasteiger partial charge in [0.25, 0.3) is 0 Å². The molecule has 0 aromatic heterocycles. The Hall–Kier alpha value is -1.56. The van der Waals surface area contributed by atoms with Crippen molar-refractivity contribution in [3.05, 3.63) is 12.7 Å². The zero-order valence-electron chi connectivity index (χ0n) is 9.91. The van der Waals surface area contributed by atoms with Gasteiger partial charge >= 0.3 is 12.0 Å². The van der Waals surface area contributed by atoms with Crippen molar-refractivity contribution < 1.29 is 19.4 Å². The molecule has 0 spiro atoms. The molecule has 17 heavy (non-hydrogen) atoms. The molecule has 0 heterocycles. The summed E-state index contributed by atoms with van der Waals surface area (Å²) in [4.78, 5) is 21.3. The highest BCUT2D eigenvalue weighted by Gasteiger charge is 2.00. The standard InChI is InChI=1S/C11H20N2O4/c1-2-3-8-17-9-7-13-11(16)12-6-4-5-10(14)15/h2H,1,3-9H2,(H,14,15)(H2,12,13,16). The third-order valence-corrected chi connectivity index (χ3v) is 1.85. The van der Waals surface area contributed by atoms with E-state index in [2.05, 4.69) is 17.2 Å². The lowest BCUT2D eigenvalue weighted by Gasteiger charge is -2.07. The molecule has 0 saturated carbocycles. The number of hydrogen-bond acceptors (Lipinski definition) is 3. The number of rotatable bonds is 10. The first-order valence-corrected chi connectivity index (χ1v) is 5.59. The minimum Gasteiger partial charge on any atom is -0.481 e. The smallest absolute Gasteiger partial charge is 0.314 e. The van der Waals surface area contributed by atoms with Gasteiger partial charge in [0.15, 0.2) is 0 Å². The van der Waals surface area contributed by atoms with Crippen LogP contribution >= 0.6 is 0 Å². The Morgan fingerprint density at radius 1 is 1.24 bits per heavy atom. The third-order valence-electron chi connectivity index (χ3n) is 1.85. The van der Waals surface area contributed by atoms with Crippen molar-refractivity contribution in [1.82, 2.24) is 10.6 Å². The molecule has 0 aliphatic heterocycles. The summed E-state index contributed by atoms with van der Waals surface area (Å²) in [6, 6.07) is -0.303. The summed E-state index contributed by atoms with van der Waals surface area (Å²) >= 11 is 0. The van der Waals surface area contributed by atoms with Crippen LogP contribution in [0.3, 0.4) is 0 Å². The molecule has 0 atom stereocenters. The van der Waals surface area contributed by atoms with Gasteiger partial charge < -0.3 is 20.5 Å². The van der Waals surface area contributed by atoms with E-state index in [1.165, 1.54) is 0 Å². The molecule has 98 valence electrons. The largest absolute Gasteiger partial charge is 0.481 e. The van der Waals surface area contributed by atoms with Gasteiger partial charge in [0.1, 0.15) is 0 Å². The van der Waals surface area contributed by atoms with E-state index in [-0.39, 0.29) is 12.5 Å². The second-order valence-corrected chi connectivity index (χ2v) is 3.37. The van der Waals surface area contributed by atoms with Gasteiger partial charge in [-0.15, -0.1) is 6.58 Å². The van der Waals surface area contributed by atoms with E-state index in [4.69, 9.17) is 9.84 Å². The van der Waals surface area contributed by atoms with Crippen LogP contribution in [-0.4, -0.2) is 43.4 Å². The molecule has 6 heteroatoms. The number of ether oxygens (including phenoxy) is 1. The maximum absolute atomic E-state index is 11.1. The molecular formula is C11H20N2O4. The van der Waals surface area contributed by atoms with Crippen molar-refractivity contribution in [2.24, 2.45) is 0 Å². The van der Waals surface area contributed by atoms with Gasteiger partial charge in [-0.2, -0.15) is 0 Å². The quantitative estimate of drug-likeness (QED) is 0.391. The second-order valence-electron chi connectivity index (χ2n) is 3.37. The monoisotopic (exact) mass is 244 g/mol. The number of carboxylic acids is 1. The van der Waals surface area contributed by atoms with Crippen LogP contribution in [0.25, 0.3) is 0 Å². The van der Waals surface area contributed by atoms with Crippen LogP contribution in [0.5, 0.6) is 0 Å². The van der Waals surface area contributed by atoms with Crippen molar-refractivity contribution in [1.29, 1.82) is 0 Å². The number of nitrogens with one attached hydrogen (secondary N) is 2. The van der Waals surface area contributed by atoms with Crippen LogP contribution in [0, 0.1) is 0 Å². The lowest BCUT2D eigenvalue weighted by Crippen LogP contribution is -2.37. The lowest BCUT2D eigenvalue weighted by atomic mass is 10.3. The Morgan fingerprint density at radius 2 is 1.94 bits per heavy atom. The predicted octanol–water partition coefficient (Wildman–Crippen LogP) is 0.743. The van der Waals surface area contributed by atoms with E-state index in [0.717, 1.165) is 6.42 Å². The Morgan fingerprint density at radius 3 is 2.59 bits per heavy atom. The molecule has 0 saturated heterocycles. The maximum Gasteiger partial charge on any atom is 0.314 e. The molecule has 0 bridgehead atoms. The van der Waals surface area contributed by atoms with Crippen molar-refractivity contribution in [3.8, 4) is 0 Å². The van der Waals surface area contributed by atoms with E-state index in [1.807, 2.05) is 0 Å². The third kappa shape index (κ3) is 12.4. The lowest BCUT2D eigenvalue weighted by molar-refractivity contribution is -0.137. The fraction of sp³-hybridized carbons (Fsp3) is 0.636. The predicted molar refractivity (Wildman–Crippen MR) is 63.9 cm³/mol. The Kier molecular flexibility index (Phi) is 9.94. The number of carbonyl (C=O) groups is 2. The van der Waals surface area contributed by atoms with Crippen molar-refractivity contribution in [2.45, 2.75) is 19.3 Å². The SMILES string of the molecule is C=CCCOCCNC(=O)NCCCC(=O)O. The first-order valence-electron chi connectivity index (χ1n) is 5.59. The molecule has 2 amide bonds. The molecule has 6 nitrogen and oxygen atoms in total. The number of carbonyl (C=O) groups excluding carboxylic acids is 1. The number of hydrogen-bond donors (Lipinski definition) is 3. The minimum absolute atomic E-state index is 0.0605. The summed E-state index contributed by atoms with van der Waals surface area (Å²) in [6.07, 6.45) is 3.05. The average Bonchev–Trinajstić information content (AvgIpc) is 2.29. The maximum atomic E-state index is 11.1. The normalized spacial score (nSPS) is 9.65. The van der Waals surface area contributed by atoms with E-state index in [9.17, 15) is 9.59 Å². The summed E-state index contributed by atoms with van der Waals surface area (Å²) in [5.74, 6) is -0.858. The fourth-order valence-electron chi connectivity index (χ4n) is 1.01. The van der Waals surface area contributed by atoms with Gasteiger partial charge in [-0.3, -0.25) is 4.79 Å². The van der Waals surface area contributed by atoms with Crippen molar-refractivity contribution in [3.63, 3.8) is 0 Å². The van der Waals surface area contributed by atoms with Crippen molar-refractivity contribution >= 4 is 12.0 Å². The first kappa shape index (κ1) is 15.4. The van der Waals surface area contributed by atoms with Gasteiger partial charge in [0.05, 0.1) is 13.2 Å². The molecule has 0 aromatic carbocycles. The number of aliphatic carboxylic acids is 1. The van der Waals surface area contributed by atoms with E-state index < -0.39 is 5.97 Å². The van der Waals surface area contributed by atoms with Gasteiger partial charge in [-0.25, -0.2) is 4.79 Å². The minimum atomic E-state index is -0.858. The van der Waals surface area contributed by atoms with Crippen LogP contribution in [-0.2, 0) is 9.53 Å². The van der Waals surface area contributed by atoms with E-state index >= 15 is 0 Å². The topological polar surface area (TPSA) is 87.7 Å². The van der Waals surface area contributed by atoms with Crippen LogP contribution in [0.15, 0.2) is 12.7 Å². The highest BCUT2D eigenvalue weighted by atomic mass is 16.5. The van der Waals surface area contributed by atoms with Gasteiger partial charge in [-0.1, -0.05) is 6.08 Å². The van der Waals surface area contributed by atoms with Crippen LogP contribution in [0.2, 0.25) is 0 Å². The highest BCUT2D eigenvalue weighted by molar-refractivity contribution is 5.73. The van der Waals surface area contributed by atoms with Gasteiger partial charge in [-0.05, 0) is 12.8 Å². The molecule has 0 radical (unpaired) electrons. The van der Waals surface area contributed by atoms with Crippen LogP contribution in [0.1, 0.15) is 19.3 Å². The summed E-state index contributed by atoms with van der Waals surface area (Å²) < 4.78 is 5.19. The molecular weight excluding hydrogens is 224 g/mol. The molecule has 0 fully saturated rings. The number of urea groups is 1. The van der Waals surface area contributed by atoms with Gasteiger partial charge in [0.2, 0.25) is 0 Å². The zero-order chi connectivity index (χ0) is 12.9. The summed E-state index contributed by atoms with van der Waals surface area (Å²) in [7, 11) is 0. The average molecular weight is 244 g/mol. The highest BCUT2D eigenvalue weighted by Crippen LogP contribution is 1.85. The first-order chi connectivity index (χ1) is 8.16. The van der Waals surface area contributed by atoms with Crippen molar-refractivity contribution in [2.75, 3.05) is 26.3 Å². The molecule has 0 aliphatic carbocycles. The second kappa shape index (κ2) is 10.9. The molecule has 3 N–H and O–H groups in total. The van der Waals surface area contributed by atoms with Gasteiger partial charge in [0, 0.05) is 19.5 Å². The fourth-order valence-corrected chi connectivity index (χ4v) is 1.01. The molecule has 0 aliphatic rings. The number of carboxylic acid groups (broad SMARTS) is 1. The van der Waals surface area contributed by atoms with E-state index in [0.29, 0.717) is 32.7 Å².